The molecule has 0 aromatic heterocycles. The quantitative estimate of drug-likeness (QED) is 0.189. The van der Waals surface area contributed by atoms with Crippen LogP contribution < -0.4 is 5.32 Å². The summed E-state index contributed by atoms with van der Waals surface area (Å²) in [6.45, 7) is 5.66. The predicted molar refractivity (Wildman–Crippen MR) is 126 cm³/mol. The third kappa shape index (κ3) is 10.4. The molecule has 190 valence electrons. The highest BCUT2D eigenvalue weighted by Gasteiger charge is 2.37. The first-order valence-electron chi connectivity index (χ1n) is 13.1. The average molecular weight is 469 g/mol. The second-order valence-electron chi connectivity index (χ2n) is 9.10. The van der Waals surface area contributed by atoms with Crippen LogP contribution in [0.15, 0.2) is 0 Å². The van der Waals surface area contributed by atoms with Crippen LogP contribution in [0.2, 0.25) is 0 Å². The number of unbranched alkanes of at least 4 members (excludes halogenated alkanes) is 5. The normalized spacial score (nSPS) is 21.8. The highest BCUT2D eigenvalue weighted by atomic mass is 16.7. The molecule has 0 aromatic carbocycles. The fourth-order valence-electron chi connectivity index (χ4n) is 4.50. The summed E-state index contributed by atoms with van der Waals surface area (Å²) in [6, 6.07) is -0.710. The molecule has 2 fully saturated rings. The van der Waals surface area contributed by atoms with Crippen molar-refractivity contribution in [2.75, 3.05) is 19.8 Å². The molecule has 2 aliphatic heterocycles. The molecular weight excluding hydrogens is 424 g/mol. The summed E-state index contributed by atoms with van der Waals surface area (Å²) in [5.74, 6) is -0.357. The number of carbonyl (C=O) groups excluding carboxylic acids is 3. The first kappa shape index (κ1) is 27.6. The number of urea groups is 1. The summed E-state index contributed by atoms with van der Waals surface area (Å²) in [6.07, 6.45) is 12.6. The average Bonchev–Trinajstić information content (AvgIpc) is 3.07. The minimum absolute atomic E-state index is 0.0340. The lowest BCUT2D eigenvalue weighted by Crippen LogP contribution is -2.38. The number of nitrogens with one attached hydrogen (secondary N) is 1. The van der Waals surface area contributed by atoms with Gasteiger partial charge in [0.05, 0.1) is 12.7 Å². The lowest BCUT2D eigenvalue weighted by atomic mass is 10.0. The minimum Gasteiger partial charge on any atom is -0.466 e. The summed E-state index contributed by atoms with van der Waals surface area (Å²) in [4.78, 5) is 37.9. The van der Waals surface area contributed by atoms with Gasteiger partial charge in [-0.25, -0.2) is 4.79 Å². The third-order valence-electron chi connectivity index (χ3n) is 6.39. The van der Waals surface area contributed by atoms with Crippen molar-refractivity contribution in [2.45, 2.75) is 122 Å². The van der Waals surface area contributed by atoms with Gasteiger partial charge in [-0.15, -0.1) is 0 Å². The molecule has 1 N–H and O–H groups in total. The van der Waals surface area contributed by atoms with Crippen LogP contribution in [-0.4, -0.2) is 61.0 Å². The topological polar surface area (TPSA) is 94.2 Å². The maximum absolute atomic E-state index is 12.4. The van der Waals surface area contributed by atoms with E-state index in [1.165, 1.54) is 0 Å². The second-order valence-corrected chi connectivity index (χ2v) is 9.10. The van der Waals surface area contributed by atoms with Crippen LogP contribution in [0, 0.1) is 0 Å². The predicted octanol–water partition coefficient (Wildman–Crippen LogP) is 4.69. The van der Waals surface area contributed by atoms with Gasteiger partial charge < -0.3 is 19.1 Å². The summed E-state index contributed by atoms with van der Waals surface area (Å²) in [5.41, 5.74) is 0. The van der Waals surface area contributed by atoms with Gasteiger partial charge in [0.2, 0.25) is 0 Å². The molecule has 3 amide bonds. The number of hydrogen-bond donors (Lipinski definition) is 1. The summed E-state index contributed by atoms with van der Waals surface area (Å²) >= 11 is 0. The number of amides is 3. The van der Waals surface area contributed by atoms with E-state index in [-0.39, 0.29) is 30.3 Å². The van der Waals surface area contributed by atoms with E-state index in [0.717, 1.165) is 77.2 Å². The van der Waals surface area contributed by atoms with E-state index < -0.39 is 6.04 Å². The van der Waals surface area contributed by atoms with Gasteiger partial charge in [-0.1, -0.05) is 45.4 Å². The van der Waals surface area contributed by atoms with Gasteiger partial charge in [-0.05, 0) is 51.9 Å². The number of ether oxygens (including phenoxy) is 3. The highest BCUT2D eigenvalue weighted by Crippen LogP contribution is 2.22. The number of rotatable bonds is 17. The van der Waals surface area contributed by atoms with Crippen molar-refractivity contribution in [3.63, 3.8) is 0 Å². The summed E-state index contributed by atoms with van der Waals surface area (Å²) < 4.78 is 17.0. The SMILES string of the molecule is CCCCCC(CCN1C(=O)NC(=O)C1CCCCCCC(=O)OCC)OC1CCCCO1. The lowest BCUT2D eigenvalue weighted by molar-refractivity contribution is -0.191. The Kier molecular flexibility index (Phi) is 13.4. The Morgan fingerprint density at radius 3 is 2.64 bits per heavy atom. The number of esters is 1. The van der Waals surface area contributed by atoms with Crippen LogP contribution in [0.3, 0.4) is 0 Å². The van der Waals surface area contributed by atoms with Crippen LogP contribution in [0.25, 0.3) is 0 Å². The zero-order valence-electron chi connectivity index (χ0n) is 20.6. The highest BCUT2D eigenvalue weighted by molar-refractivity contribution is 6.04. The number of imide groups is 1. The molecule has 0 bridgehead atoms. The third-order valence-corrected chi connectivity index (χ3v) is 6.39. The van der Waals surface area contributed by atoms with E-state index in [1.807, 2.05) is 0 Å². The zero-order valence-corrected chi connectivity index (χ0v) is 20.6. The van der Waals surface area contributed by atoms with Crippen LogP contribution in [0.1, 0.15) is 104 Å². The molecule has 0 spiro atoms. The molecule has 2 saturated heterocycles. The summed E-state index contributed by atoms with van der Waals surface area (Å²) in [7, 11) is 0. The monoisotopic (exact) mass is 468 g/mol. The Balaban J connectivity index is 1.77. The van der Waals surface area contributed by atoms with E-state index in [2.05, 4.69) is 12.2 Å². The Labute approximate surface area is 199 Å². The van der Waals surface area contributed by atoms with Crippen LogP contribution >= 0.6 is 0 Å². The van der Waals surface area contributed by atoms with Crippen molar-refractivity contribution in [2.24, 2.45) is 0 Å². The molecule has 3 unspecified atom stereocenters. The maximum Gasteiger partial charge on any atom is 0.324 e. The fraction of sp³-hybridized carbons (Fsp3) is 0.880. The Hall–Kier alpha value is -1.67. The molecule has 33 heavy (non-hydrogen) atoms. The largest absolute Gasteiger partial charge is 0.466 e. The van der Waals surface area contributed by atoms with Gasteiger partial charge in [0.1, 0.15) is 6.04 Å². The van der Waals surface area contributed by atoms with Crippen molar-refractivity contribution >= 4 is 17.9 Å². The molecule has 0 aromatic rings. The van der Waals surface area contributed by atoms with Crippen molar-refractivity contribution in [3.8, 4) is 0 Å². The van der Waals surface area contributed by atoms with E-state index in [0.29, 0.717) is 32.4 Å². The Morgan fingerprint density at radius 2 is 1.91 bits per heavy atom. The lowest BCUT2D eigenvalue weighted by Gasteiger charge is -2.29. The van der Waals surface area contributed by atoms with Crippen molar-refractivity contribution in [3.05, 3.63) is 0 Å². The van der Waals surface area contributed by atoms with Gasteiger partial charge in [0.15, 0.2) is 6.29 Å². The Bertz CT molecular complexity index is 593. The van der Waals surface area contributed by atoms with Gasteiger partial charge in [-0.3, -0.25) is 14.9 Å². The van der Waals surface area contributed by atoms with E-state index in [4.69, 9.17) is 14.2 Å². The molecule has 8 heteroatoms. The van der Waals surface area contributed by atoms with Gasteiger partial charge in [-0.2, -0.15) is 0 Å². The van der Waals surface area contributed by atoms with Crippen molar-refractivity contribution < 1.29 is 28.6 Å². The van der Waals surface area contributed by atoms with Gasteiger partial charge in [0, 0.05) is 19.6 Å². The fourth-order valence-corrected chi connectivity index (χ4v) is 4.50. The van der Waals surface area contributed by atoms with E-state index >= 15 is 0 Å². The number of carbonyl (C=O) groups is 3. The molecule has 2 rings (SSSR count). The molecule has 2 heterocycles. The van der Waals surface area contributed by atoms with E-state index in [9.17, 15) is 14.4 Å². The first-order chi connectivity index (χ1) is 16.0. The van der Waals surface area contributed by atoms with Crippen LogP contribution in [0.5, 0.6) is 0 Å². The van der Waals surface area contributed by atoms with E-state index in [1.54, 1.807) is 11.8 Å². The van der Waals surface area contributed by atoms with Gasteiger partial charge >= 0.3 is 12.0 Å². The molecule has 0 saturated carbocycles. The minimum atomic E-state index is -0.412. The standard InChI is InChI=1S/C25H44N2O6/c1-3-5-8-13-20(33-23-16-11-12-19-32-23)17-18-27-21(24(29)26-25(27)30)14-9-6-7-10-15-22(28)31-4-2/h20-21,23H,3-19H2,1-2H3,(H,26,29,30). The molecular formula is C25H44N2O6. The first-order valence-corrected chi connectivity index (χ1v) is 13.1. The second kappa shape index (κ2) is 16.0. The number of hydrogen-bond acceptors (Lipinski definition) is 6. The summed E-state index contributed by atoms with van der Waals surface area (Å²) in [5, 5.41) is 2.48. The van der Waals surface area contributed by atoms with Crippen molar-refractivity contribution in [1.82, 2.24) is 10.2 Å². The molecule has 3 atom stereocenters. The molecule has 0 radical (unpaired) electrons. The molecule has 2 aliphatic rings. The Morgan fingerprint density at radius 1 is 1.09 bits per heavy atom. The van der Waals surface area contributed by atoms with Gasteiger partial charge in [0.25, 0.3) is 5.91 Å². The maximum atomic E-state index is 12.4. The molecule has 0 aliphatic carbocycles. The van der Waals surface area contributed by atoms with Crippen LogP contribution in [-0.2, 0) is 23.8 Å². The van der Waals surface area contributed by atoms with Crippen molar-refractivity contribution in [1.29, 1.82) is 0 Å². The number of nitrogens with zero attached hydrogens (tertiary/aromatic N) is 1. The zero-order chi connectivity index (χ0) is 23.9. The van der Waals surface area contributed by atoms with Crippen LogP contribution in [0.4, 0.5) is 4.79 Å². The smallest absolute Gasteiger partial charge is 0.324 e. The molecule has 8 nitrogen and oxygen atoms in total.